The normalized spacial score (nSPS) is 11.7. The summed E-state index contributed by atoms with van der Waals surface area (Å²) in [7, 11) is 3.13. The van der Waals surface area contributed by atoms with Crippen LogP contribution in [0.4, 0.5) is 0 Å². The fraction of sp³-hybridized carbons (Fsp3) is 0.238. The molecule has 146 valence electrons. The van der Waals surface area contributed by atoms with Crippen molar-refractivity contribution >= 4 is 5.91 Å². The Morgan fingerprint density at radius 1 is 1.21 bits per heavy atom. The van der Waals surface area contributed by atoms with Crippen molar-refractivity contribution in [2.45, 2.75) is 19.6 Å². The molecule has 1 atom stereocenters. The van der Waals surface area contributed by atoms with Crippen LogP contribution in [-0.4, -0.2) is 35.4 Å². The highest BCUT2D eigenvalue weighted by molar-refractivity contribution is 5.98. The number of amides is 1. The Morgan fingerprint density at radius 3 is 2.75 bits per heavy atom. The Labute approximate surface area is 163 Å². The first-order valence-corrected chi connectivity index (χ1v) is 8.83. The van der Waals surface area contributed by atoms with Gasteiger partial charge in [-0.2, -0.15) is 5.10 Å². The Hall–Kier alpha value is -3.32. The fourth-order valence-corrected chi connectivity index (χ4v) is 3.00. The van der Waals surface area contributed by atoms with E-state index in [1.165, 1.54) is 7.11 Å². The summed E-state index contributed by atoms with van der Waals surface area (Å²) in [4.78, 5) is 12.8. The van der Waals surface area contributed by atoms with Crippen molar-refractivity contribution in [2.75, 3.05) is 14.2 Å². The second kappa shape index (κ2) is 8.58. The van der Waals surface area contributed by atoms with Gasteiger partial charge in [0.1, 0.15) is 11.5 Å². The van der Waals surface area contributed by atoms with Crippen LogP contribution in [-0.2, 0) is 6.61 Å². The summed E-state index contributed by atoms with van der Waals surface area (Å²) in [6.07, 6.45) is 1.63. The average molecular weight is 381 g/mol. The zero-order chi connectivity index (χ0) is 20.1. The first kappa shape index (κ1) is 19.4. The van der Waals surface area contributed by atoms with Crippen LogP contribution < -0.4 is 14.8 Å². The molecular weight excluding hydrogens is 358 g/mol. The van der Waals surface area contributed by atoms with Crippen molar-refractivity contribution in [3.63, 3.8) is 0 Å². The summed E-state index contributed by atoms with van der Waals surface area (Å²) >= 11 is 0. The van der Waals surface area contributed by atoms with E-state index in [2.05, 4.69) is 15.5 Å². The van der Waals surface area contributed by atoms with Gasteiger partial charge in [0.25, 0.3) is 5.91 Å². The van der Waals surface area contributed by atoms with Crippen molar-refractivity contribution in [1.82, 2.24) is 15.5 Å². The van der Waals surface area contributed by atoms with Crippen molar-refractivity contribution in [3.05, 3.63) is 65.5 Å². The molecule has 2 aromatic carbocycles. The minimum atomic E-state index is -0.242. The van der Waals surface area contributed by atoms with Crippen LogP contribution in [0.15, 0.2) is 48.7 Å². The van der Waals surface area contributed by atoms with E-state index >= 15 is 0 Å². The summed E-state index contributed by atoms with van der Waals surface area (Å²) in [5.41, 5.74) is 3.53. The van der Waals surface area contributed by atoms with Gasteiger partial charge < -0.3 is 19.9 Å². The molecule has 3 N–H and O–H groups in total. The predicted octanol–water partition coefficient (Wildman–Crippen LogP) is 3.08. The SMILES string of the molecule is COc1cccc([C@@H](C)NC(=O)c2ccc(-c3cn[nH]c3CO)cc2OC)c1. The van der Waals surface area contributed by atoms with E-state index in [-0.39, 0.29) is 18.6 Å². The molecule has 0 fully saturated rings. The molecule has 0 aliphatic carbocycles. The van der Waals surface area contributed by atoms with Crippen molar-refractivity contribution in [1.29, 1.82) is 0 Å². The molecule has 0 aliphatic heterocycles. The number of carbonyl (C=O) groups is 1. The molecule has 7 heteroatoms. The molecule has 3 rings (SSSR count). The topological polar surface area (TPSA) is 96.5 Å². The van der Waals surface area contributed by atoms with E-state index in [0.29, 0.717) is 17.0 Å². The third-order valence-electron chi connectivity index (χ3n) is 4.57. The molecule has 0 radical (unpaired) electrons. The molecule has 0 bridgehead atoms. The Morgan fingerprint density at radius 2 is 2.04 bits per heavy atom. The number of aromatic nitrogens is 2. The molecule has 0 aliphatic rings. The molecule has 0 unspecified atom stereocenters. The molecule has 0 saturated carbocycles. The lowest BCUT2D eigenvalue weighted by Crippen LogP contribution is -2.27. The van der Waals surface area contributed by atoms with Gasteiger partial charge in [0.05, 0.1) is 44.3 Å². The fourth-order valence-electron chi connectivity index (χ4n) is 3.00. The second-order valence-electron chi connectivity index (χ2n) is 6.31. The standard InChI is InChI=1S/C21H23N3O4/c1-13(14-5-4-6-16(9-14)27-2)23-21(26)17-8-7-15(10-20(17)28-3)18-11-22-24-19(18)12-25/h4-11,13,25H,12H2,1-3H3,(H,22,24)(H,23,26)/t13-/m1/s1. The smallest absolute Gasteiger partial charge is 0.255 e. The van der Waals surface area contributed by atoms with Crippen molar-refractivity contribution in [2.24, 2.45) is 0 Å². The largest absolute Gasteiger partial charge is 0.497 e. The molecule has 7 nitrogen and oxygen atoms in total. The lowest BCUT2D eigenvalue weighted by atomic mass is 10.0. The van der Waals surface area contributed by atoms with Crippen molar-refractivity contribution in [3.8, 4) is 22.6 Å². The molecule has 1 aromatic heterocycles. The number of nitrogens with one attached hydrogen (secondary N) is 2. The number of benzene rings is 2. The van der Waals surface area contributed by atoms with Gasteiger partial charge in [-0.05, 0) is 42.3 Å². The molecule has 28 heavy (non-hydrogen) atoms. The number of aliphatic hydroxyl groups is 1. The van der Waals surface area contributed by atoms with Crippen molar-refractivity contribution < 1.29 is 19.4 Å². The van der Waals surface area contributed by atoms with Crippen LogP contribution in [0.3, 0.4) is 0 Å². The number of nitrogens with zero attached hydrogens (tertiary/aromatic N) is 1. The third-order valence-corrected chi connectivity index (χ3v) is 4.57. The summed E-state index contributed by atoms with van der Waals surface area (Å²) < 4.78 is 10.7. The van der Waals surface area contributed by atoms with E-state index in [9.17, 15) is 9.90 Å². The lowest BCUT2D eigenvalue weighted by Gasteiger charge is -2.17. The number of hydrogen-bond donors (Lipinski definition) is 3. The minimum absolute atomic E-state index is 0.155. The lowest BCUT2D eigenvalue weighted by molar-refractivity contribution is 0.0937. The maximum absolute atomic E-state index is 12.8. The first-order chi connectivity index (χ1) is 13.6. The zero-order valence-electron chi connectivity index (χ0n) is 16.0. The molecule has 0 saturated heterocycles. The van der Waals surface area contributed by atoms with E-state index in [4.69, 9.17) is 9.47 Å². The van der Waals surface area contributed by atoms with Crippen LogP contribution in [0, 0.1) is 0 Å². The molecule has 0 spiro atoms. The quantitative estimate of drug-likeness (QED) is 0.584. The van der Waals surface area contributed by atoms with Crippen LogP contribution in [0.5, 0.6) is 11.5 Å². The summed E-state index contributed by atoms with van der Waals surface area (Å²) in [6.45, 7) is 1.75. The van der Waals surface area contributed by atoms with Gasteiger partial charge in [0.15, 0.2) is 0 Å². The van der Waals surface area contributed by atoms with Crippen LogP contribution in [0.2, 0.25) is 0 Å². The van der Waals surface area contributed by atoms with Gasteiger partial charge in [0.2, 0.25) is 0 Å². The average Bonchev–Trinajstić information content (AvgIpc) is 3.22. The van der Waals surface area contributed by atoms with E-state index in [0.717, 1.165) is 22.4 Å². The van der Waals surface area contributed by atoms with Crippen LogP contribution in [0.25, 0.3) is 11.1 Å². The van der Waals surface area contributed by atoms with Gasteiger partial charge in [-0.3, -0.25) is 9.89 Å². The predicted molar refractivity (Wildman–Crippen MR) is 105 cm³/mol. The van der Waals surface area contributed by atoms with Crippen LogP contribution >= 0.6 is 0 Å². The number of aromatic amines is 1. The maximum Gasteiger partial charge on any atom is 0.255 e. The first-order valence-electron chi connectivity index (χ1n) is 8.83. The highest BCUT2D eigenvalue weighted by atomic mass is 16.5. The van der Waals surface area contributed by atoms with E-state index in [1.807, 2.05) is 31.2 Å². The Bertz CT molecular complexity index is 968. The highest BCUT2D eigenvalue weighted by Crippen LogP contribution is 2.29. The molecule has 3 aromatic rings. The zero-order valence-corrected chi connectivity index (χ0v) is 16.0. The van der Waals surface area contributed by atoms with Gasteiger partial charge in [-0.25, -0.2) is 0 Å². The summed E-state index contributed by atoms with van der Waals surface area (Å²) in [6, 6.07) is 12.6. The Balaban J connectivity index is 1.83. The van der Waals surface area contributed by atoms with E-state index in [1.54, 1.807) is 31.5 Å². The Kier molecular flexibility index (Phi) is 5.96. The molecule has 1 heterocycles. The third kappa shape index (κ3) is 3.99. The summed E-state index contributed by atoms with van der Waals surface area (Å²) in [5, 5.41) is 19.1. The van der Waals surface area contributed by atoms with Crippen LogP contribution in [0.1, 0.15) is 34.6 Å². The number of carbonyl (C=O) groups excluding carboxylic acids is 1. The number of hydrogen-bond acceptors (Lipinski definition) is 5. The minimum Gasteiger partial charge on any atom is -0.497 e. The van der Waals surface area contributed by atoms with Gasteiger partial charge in [0, 0.05) is 5.56 Å². The number of aliphatic hydroxyl groups excluding tert-OH is 1. The molecular formula is C21H23N3O4. The van der Waals surface area contributed by atoms with Gasteiger partial charge in [-0.15, -0.1) is 0 Å². The van der Waals surface area contributed by atoms with E-state index < -0.39 is 0 Å². The number of ether oxygens (including phenoxy) is 2. The second-order valence-corrected chi connectivity index (χ2v) is 6.31. The molecule has 1 amide bonds. The maximum atomic E-state index is 12.8. The van der Waals surface area contributed by atoms with Gasteiger partial charge >= 0.3 is 0 Å². The number of H-pyrrole nitrogens is 1. The number of methoxy groups -OCH3 is 2. The highest BCUT2D eigenvalue weighted by Gasteiger charge is 2.18. The summed E-state index contributed by atoms with van der Waals surface area (Å²) in [5.74, 6) is 0.937. The monoisotopic (exact) mass is 381 g/mol. The number of rotatable bonds is 7. The van der Waals surface area contributed by atoms with Gasteiger partial charge in [-0.1, -0.05) is 18.2 Å².